The Balaban J connectivity index is 1.13. The summed E-state index contributed by atoms with van der Waals surface area (Å²) in [6, 6.07) is 12.3. The van der Waals surface area contributed by atoms with Crippen LogP contribution < -0.4 is 18.9 Å². The fourth-order valence-electron chi connectivity index (χ4n) is 7.12. The van der Waals surface area contributed by atoms with Gasteiger partial charge in [0.25, 0.3) is 0 Å². The number of hydrogen-bond donors (Lipinski definition) is 0. The first-order chi connectivity index (χ1) is 23.7. The normalized spacial score (nSPS) is 13.9. The molecule has 0 radical (unpaired) electrons. The molecule has 0 N–H and O–H groups in total. The van der Waals surface area contributed by atoms with Crippen molar-refractivity contribution in [3.05, 3.63) is 65.0 Å². The third kappa shape index (κ3) is 6.16. The van der Waals surface area contributed by atoms with Crippen molar-refractivity contribution >= 4 is 33.1 Å². The molecule has 1 aliphatic rings. The van der Waals surface area contributed by atoms with Crippen LogP contribution in [-0.4, -0.2) is 70.3 Å². The van der Waals surface area contributed by atoms with E-state index in [4.69, 9.17) is 38.6 Å². The Morgan fingerprint density at radius 2 is 1.22 bits per heavy atom. The average molecular weight is 667 g/mol. The number of imidazole rings is 3. The summed E-state index contributed by atoms with van der Waals surface area (Å²) in [5, 5.41) is 0. The summed E-state index contributed by atoms with van der Waals surface area (Å²) >= 11 is 0. The summed E-state index contributed by atoms with van der Waals surface area (Å²) in [6.07, 6.45) is 3.53. The molecular formula is C38H46N6O5. The first-order valence-corrected chi connectivity index (χ1v) is 17.0. The van der Waals surface area contributed by atoms with Gasteiger partial charge in [-0.2, -0.15) is 0 Å². The van der Waals surface area contributed by atoms with Gasteiger partial charge in [-0.25, -0.2) is 15.0 Å². The first-order valence-electron chi connectivity index (χ1n) is 17.0. The van der Waals surface area contributed by atoms with Crippen LogP contribution >= 0.6 is 0 Å². The molecule has 258 valence electrons. The molecule has 3 aromatic carbocycles. The monoisotopic (exact) mass is 666 g/mol. The molecule has 6 aromatic rings. The van der Waals surface area contributed by atoms with E-state index in [0.717, 1.165) is 70.5 Å². The van der Waals surface area contributed by atoms with Crippen molar-refractivity contribution in [3.63, 3.8) is 0 Å². The van der Waals surface area contributed by atoms with E-state index in [1.165, 1.54) is 29.5 Å². The lowest BCUT2D eigenvalue weighted by atomic mass is 10.0. The first kappa shape index (κ1) is 32.8. The van der Waals surface area contributed by atoms with Crippen LogP contribution in [0.2, 0.25) is 0 Å². The second-order valence-electron chi connectivity index (χ2n) is 13.2. The maximum absolute atomic E-state index is 6.49. The predicted molar refractivity (Wildman–Crippen MR) is 191 cm³/mol. The lowest BCUT2D eigenvalue weighted by Gasteiger charge is -2.22. The molecule has 1 saturated carbocycles. The fourth-order valence-corrected chi connectivity index (χ4v) is 7.12. The molecule has 0 bridgehead atoms. The Hall–Kier alpha value is -4.77. The molecule has 7 rings (SSSR count). The van der Waals surface area contributed by atoms with Crippen molar-refractivity contribution in [1.82, 2.24) is 28.7 Å². The van der Waals surface area contributed by atoms with Gasteiger partial charge in [-0.1, -0.05) is 0 Å². The average Bonchev–Trinajstić information content (AvgIpc) is 3.70. The highest BCUT2D eigenvalue weighted by atomic mass is 16.5. The molecule has 3 heterocycles. The molecule has 1 atom stereocenters. The minimum Gasteiger partial charge on any atom is -0.493 e. The number of hydrogen-bond acceptors (Lipinski definition) is 8. The highest BCUT2D eigenvalue weighted by molar-refractivity contribution is 5.82. The zero-order valence-corrected chi connectivity index (χ0v) is 29.8. The number of nitrogens with zero attached hydrogens (tertiary/aromatic N) is 6. The van der Waals surface area contributed by atoms with E-state index in [0.29, 0.717) is 36.2 Å². The van der Waals surface area contributed by atoms with E-state index in [-0.39, 0.29) is 6.04 Å². The van der Waals surface area contributed by atoms with Crippen LogP contribution in [0.5, 0.6) is 23.0 Å². The van der Waals surface area contributed by atoms with Crippen molar-refractivity contribution in [2.24, 2.45) is 5.92 Å². The van der Waals surface area contributed by atoms with Gasteiger partial charge < -0.3 is 37.4 Å². The lowest BCUT2D eigenvalue weighted by molar-refractivity contribution is 0.122. The minimum absolute atomic E-state index is 0.169. The van der Waals surface area contributed by atoms with Gasteiger partial charge in [0.1, 0.15) is 24.1 Å². The molecule has 1 fully saturated rings. The number of rotatable bonds is 14. The Labute approximate surface area is 286 Å². The van der Waals surface area contributed by atoms with Gasteiger partial charge >= 0.3 is 0 Å². The van der Waals surface area contributed by atoms with Gasteiger partial charge in [0.05, 0.1) is 67.1 Å². The number of fused-ring (bicyclic) bond motifs is 3. The number of aromatic nitrogens is 6. The van der Waals surface area contributed by atoms with Crippen molar-refractivity contribution in [3.8, 4) is 23.0 Å². The Kier molecular flexibility index (Phi) is 8.87. The SMILES string of the molecule is COCC(COc1cc2nc(C)n(CCc3cc4nc(C)n(CC5CC5)c4cc3C)c2cc1OC)n1c(C)nc2cc(OC)c(OC)cc21. The largest absolute Gasteiger partial charge is 0.493 e. The van der Waals surface area contributed by atoms with E-state index in [9.17, 15) is 0 Å². The number of benzene rings is 3. The zero-order chi connectivity index (χ0) is 34.4. The van der Waals surface area contributed by atoms with Crippen LogP contribution in [-0.2, 0) is 24.2 Å². The number of aryl methyl sites for hydroxylation is 6. The van der Waals surface area contributed by atoms with Crippen LogP contribution in [0, 0.1) is 33.6 Å². The van der Waals surface area contributed by atoms with Crippen molar-refractivity contribution in [1.29, 1.82) is 0 Å². The minimum atomic E-state index is -0.169. The van der Waals surface area contributed by atoms with E-state index < -0.39 is 0 Å². The van der Waals surface area contributed by atoms with Crippen molar-refractivity contribution < 1.29 is 23.7 Å². The highest BCUT2D eigenvalue weighted by Crippen LogP contribution is 2.37. The summed E-state index contributed by atoms with van der Waals surface area (Å²) in [5.41, 5.74) is 8.52. The summed E-state index contributed by atoms with van der Waals surface area (Å²) in [5.74, 6) is 6.23. The van der Waals surface area contributed by atoms with Crippen LogP contribution in [0.25, 0.3) is 33.1 Å². The molecule has 0 aliphatic heterocycles. The van der Waals surface area contributed by atoms with Crippen LogP contribution in [0.15, 0.2) is 36.4 Å². The molecule has 3 aromatic heterocycles. The second kappa shape index (κ2) is 13.3. The molecule has 49 heavy (non-hydrogen) atoms. The molecular weight excluding hydrogens is 620 g/mol. The maximum Gasteiger partial charge on any atom is 0.163 e. The molecule has 1 aliphatic carbocycles. The Bertz CT molecular complexity index is 2160. The van der Waals surface area contributed by atoms with E-state index in [2.05, 4.69) is 46.6 Å². The second-order valence-corrected chi connectivity index (χ2v) is 13.2. The van der Waals surface area contributed by atoms with E-state index >= 15 is 0 Å². The van der Waals surface area contributed by atoms with Gasteiger partial charge in [0.15, 0.2) is 23.0 Å². The Morgan fingerprint density at radius 1 is 0.653 bits per heavy atom. The van der Waals surface area contributed by atoms with Gasteiger partial charge in [-0.05, 0) is 76.1 Å². The number of ether oxygens (including phenoxy) is 5. The smallest absolute Gasteiger partial charge is 0.163 e. The van der Waals surface area contributed by atoms with Crippen LogP contribution in [0.4, 0.5) is 0 Å². The fraction of sp³-hybridized carbons (Fsp3) is 0.447. The van der Waals surface area contributed by atoms with E-state index in [1.807, 2.05) is 31.2 Å². The molecule has 11 nitrogen and oxygen atoms in total. The lowest BCUT2D eigenvalue weighted by Crippen LogP contribution is -2.23. The quantitative estimate of drug-likeness (QED) is 0.124. The number of methoxy groups -OCH3 is 4. The highest BCUT2D eigenvalue weighted by Gasteiger charge is 2.25. The van der Waals surface area contributed by atoms with Gasteiger partial charge in [-0.15, -0.1) is 0 Å². The third-order valence-electron chi connectivity index (χ3n) is 9.89. The third-order valence-corrected chi connectivity index (χ3v) is 9.89. The Morgan fingerprint density at radius 3 is 1.92 bits per heavy atom. The van der Waals surface area contributed by atoms with Gasteiger partial charge in [-0.3, -0.25) is 0 Å². The van der Waals surface area contributed by atoms with Crippen molar-refractivity contribution in [2.45, 2.75) is 66.1 Å². The molecule has 1 unspecified atom stereocenters. The standard InChI is InChI=1S/C38H46N6O5/c1-22-13-32-29(40-24(3)43(32)19-26-9-10-26)14-27(22)11-12-42-23(2)39-30-16-38(37(48-8)17-33(30)42)49-21-28(20-45-5)44-25(4)41-31-15-35(46-6)36(47-7)18-34(31)44/h13-18,26,28H,9-12,19-21H2,1-8H3. The van der Waals surface area contributed by atoms with Crippen LogP contribution in [0.1, 0.15) is 47.5 Å². The zero-order valence-electron chi connectivity index (χ0n) is 29.8. The van der Waals surface area contributed by atoms with Gasteiger partial charge in [0, 0.05) is 44.5 Å². The van der Waals surface area contributed by atoms with Crippen LogP contribution in [0.3, 0.4) is 0 Å². The summed E-state index contributed by atoms with van der Waals surface area (Å²) in [4.78, 5) is 14.6. The molecule has 11 heteroatoms. The predicted octanol–water partition coefficient (Wildman–Crippen LogP) is 6.91. The topological polar surface area (TPSA) is 99.6 Å². The molecule has 0 amide bonds. The summed E-state index contributed by atoms with van der Waals surface area (Å²) < 4.78 is 35.9. The maximum atomic E-state index is 6.49. The summed E-state index contributed by atoms with van der Waals surface area (Å²) in [6.45, 7) is 11.0. The van der Waals surface area contributed by atoms with E-state index in [1.54, 1.807) is 28.4 Å². The molecule has 0 spiro atoms. The van der Waals surface area contributed by atoms with Crippen molar-refractivity contribution in [2.75, 3.05) is 41.7 Å². The van der Waals surface area contributed by atoms with Gasteiger partial charge in [0.2, 0.25) is 0 Å². The molecule has 0 saturated heterocycles. The summed E-state index contributed by atoms with van der Waals surface area (Å²) in [7, 11) is 6.61.